The number of anilines is 2. The summed E-state index contributed by atoms with van der Waals surface area (Å²) < 4.78 is 26.2. The van der Waals surface area contributed by atoms with Crippen molar-refractivity contribution in [3.8, 4) is 0 Å². The van der Waals surface area contributed by atoms with Crippen LogP contribution in [0.15, 0.2) is 18.2 Å². The standard InChI is InChI=1S/C15H24N2O3S/c1-5-9-21(19,20)17-14-8-6-7-13(12(14)4)16-15(18)10-11(2)3/h6-8,11,17H,5,9-10H2,1-4H3,(H,16,18). The SMILES string of the molecule is CCCS(=O)(=O)Nc1cccc(NC(=O)CC(C)C)c1C. The van der Waals surface area contributed by atoms with Crippen molar-refractivity contribution >= 4 is 27.3 Å². The number of carbonyl (C=O) groups excluding carboxylic acids is 1. The van der Waals surface area contributed by atoms with E-state index in [2.05, 4.69) is 10.0 Å². The number of carbonyl (C=O) groups is 1. The summed E-state index contributed by atoms with van der Waals surface area (Å²) in [6.07, 6.45) is 0.991. The maximum Gasteiger partial charge on any atom is 0.232 e. The van der Waals surface area contributed by atoms with Crippen LogP contribution in [0.1, 0.15) is 39.2 Å². The summed E-state index contributed by atoms with van der Waals surface area (Å²) >= 11 is 0. The number of sulfonamides is 1. The van der Waals surface area contributed by atoms with Gasteiger partial charge >= 0.3 is 0 Å². The van der Waals surface area contributed by atoms with Gasteiger partial charge in [0.2, 0.25) is 15.9 Å². The molecule has 1 aromatic carbocycles. The molecule has 0 spiro atoms. The Hall–Kier alpha value is -1.56. The number of benzene rings is 1. The van der Waals surface area contributed by atoms with Crippen molar-refractivity contribution in [2.24, 2.45) is 5.92 Å². The molecule has 21 heavy (non-hydrogen) atoms. The molecule has 0 aliphatic carbocycles. The molecule has 1 aromatic rings. The average molecular weight is 312 g/mol. The van der Waals surface area contributed by atoms with Crippen molar-refractivity contribution in [2.75, 3.05) is 15.8 Å². The third kappa shape index (κ3) is 5.75. The largest absolute Gasteiger partial charge is 0.326 e. The summed E-state index contributed by atoms with van der Waals surface area (Å²) in [7, 11) is -3.33. The number of hydrogen-bond donors (Lipinski definition) is 2. The van der Waals surface area contributed by atoms with Gasteiger partial charge in [-0.05, 0) is 37.0 Å². The summed E-state index contributed by atoms with van der Waals surface area (Å²) in [5.41, 5.74) is 1.86. The van der Waals surface area contributed by atoms with Gasteiger partial charge in [0.15, 0.2) is 0 Å². The maximum absolute atomic E-state index is 11.8. The molecule has 0 unspecified atom stereocenters. The lowest BCUT2D eigenvalue weighted by Gasteiger charge is -2.14. The van der Waals surface area contributed by atoms with Crippen LogP contribution in [0.4, 0.5) is 11.4 Å². The zero-order valence-corrected chi connectivity index (χ0v) is 13.9. The smallest absolute Gasteiger partial charge is 0.232 e. The van der Waals surface area contributed by atoms with E-state index in [-0.39, 0.29) is 17.6 Å². The molecule has 1 rings (SSSR count). The molecule has 0 fully saturated rings. The third-order valence-electron chi connectivity index (χ3n) is 2.94. The molecule has 0 aromatic heterocycles. The topological polar surface area (TPSA) is 75.3 Å². The molecule has 0 atom stereocenters. The monoisotopic (exact) mass is 312 g/mol. The minimum Gasteiger partial charge on any atom is -0.326 e. The van der Waals surface area contributed by atoms with Crippen LogP contribution in [0, 0.1) is 12.8 Å². The molecule has 0 aliphatic heterocycles. The van der Waals surface area contributed by atoms with Gasteiger partial charge in [0, 0.05) is 12.1 Å². The fourth-order valence-electron chi connectivity index (χ4n) is 1.94. The Morgan fingerprint density at radius 2 is 1.86 bits per heavy atom. The zero-order valence-electron chi connectivity index (χ0n) is 13.1. The van der Waals surface area contributed by atoms with E-state index in [0.717, 1.165) is 0 Å². The Balaban J connectivity index is 2.91. The average Bonchev–Trinajstić information content (AvgIpc) is 2.32. The van der Waals surface area contributed by atoms with Crippen molar-refractivity contribution in [1.82, 2.24) is 0 Å². The highest BCUT2D eigenvalue weighted by Crippen LogP contribution is 2.24. The first-order valence-corrected chi connectivity index (χ1v) is 8.80. The Morgan fingerprint density at radius 1 is 1.24 bits per heavy atom. The molecule has 0 heterocycles. The summed E-state index contributed by atoms with van der Waals surface area (Å²) in [5.74, 6) is 0.286. The van der Waals surface area contributed by atoms with Crippen molar-refractivity contribution in [3.05, 3.63) is 23.8 Å². The summed E-state index contributed by atoms with van der Waals surface area (Å²) in [6.45, 7) is 7.55. The van der Waals surface area contributed by atoms with E-state index < -0.39 is 10.0 Å². The van der Waals surface area contributed by atoms with Crippen molar-refractivity contribution in [3.63, 3.8) is 0 Å². The second-order valence-corrected chi connectivity index (χ2v) is 7.39. The van der Waals surface area contributed by atoms with Gasteiger partial charge in [-0.1, -0.05) is 26.8 Å². The van der Waals surface area contributed by atoms with Crippen LogP contribution >= 0.6 is 0 Å². The number of rotatable bonds is 7. The maximum atomic E-state index is 11.8. The van der Waals surface area contributed by atoms with Gasteiger partial charge in [0.1, 0.15) is 0 Å². The third-order valence-corrected chi connectivity index (χ3v) is 4.42. The van der Waals surface area contributed by atoms with E-state index in [4.69, 9.17) is 0 Å². The molecular weight excluding hydrogens is 288 g/mol. The Morgan fingerprint density at radius 3 is 2.43 bits per heavy atom. The molecule has 2 N–H and O–H groups in total. The van der Waals surface area contributed by atoms with E-state index in [1.165, 1.54) is 0 Å². The van der Waals surface area contributed by atoms with Crippen LogP contribution < -0.4 is 10.0 Å². The van der Waals surface area contributed by atoms with Crippen LogP contribution in [0.2, 0.25) is 0 Å². The first-order valence-electron chi connectivity index (χ1n) is 7.15. The van der Waals surface area contributed by atoms with Crippen molar-refractivity contribution in [2.45, 2.75) is 40.5 Å². The number of nitrogens with one attached hydrogen (secondary N) is 2. The minimum atomic E-state index is -3.33. The molecule has 6 heteroatoms. The normalized spacial score (nSPS) is 11.5. The quantitative estimate of drug-likeness (QED) is 0.812. The molecule has 1 amide bonds. The highest BCUT2D eigenvalue weighted by molar-refractivity contribution is 7.92. The summed E-state index contributed by atoms with van der Waals surface area (Å²) in [5, 5.41) is 2.83. The second-order valence-electron chi connectivity index (χ2n) is 5.55. The van der Waals surface area contributed by atoms with E-state index in [0.29, 0.717) is 29.8 Å². The predicted octanol–water partition coefficient (Wildman–Crippen LogP) is 3.13. The molecule has 0 aliphatic rings. The first-order chi connectivity index (χ1) is 9.75. The van der Waals surface area contributed by atoms with Crippen molar-refractivity contribution < 1.29 is 13.2 Å². The number of amides is 1. The van der Waals surface area contributed by atoms with Crippen molar-refractivity contribution in [1.29, 1.82) is 0 Å². The summed E-state index contributed by atoms with van der Waals surface area (Å²) in [6, 6.07) is 5.19. The molecule has 0 saturated carbocycles. The van der Waals surface area contributed by atoms with Gasteiger partial charge in [-0.2, -0.15) is 0 Å². The van der Waals surface area contributed by atoms with Crippen LogP contribution in [0.3, 0.4) is 0 Å². The molecule has 5 nitrogen and oxygen atoms in total. The molecular formula is C15H24N2O3S. The number of hydrogen-bond acceptors (Lipinski definition) is 3. The highest BCUT2D eigenvalue weighted by atomic mass is 32.2. The molecule has 0 radical (unpaired) electrons. The van der Waals surface area contributed by atoms with Gasteiger partial charge in [-0.15, -0.1) is 0 Å². The zero-order chi connectivity index (χ0) is 16.0. The fourth-order valence-corrected chi connectivity index (χ4v) is 3.14. The van der Waals surface area contributed by atoms with E-state index in [1.807, 2.05) is 20.8 Å². The van der Waals surface area contributed by atoms with Crippen LogP contribution in [-0.2, 0) is 14.8 Å². The summed E-state index contributed by atoms with van der Waals surface area (Å²) in [4.78, 5) is 11.8. The van der Waals surface area contributed by atoms with E-state index >= 15 is 0 Å². The lowest BCUT2D eigenvalue weighted by Crippen LogP contribution is -2.18. The molecule has 118 valence electrons. The second kappa shape index (κ2) is 7.45. The van der Waals surface area contributed by atoms with Crippen LogP contribution in [0.5, 0.6) is 0 Å². The van der Waals surface area contributed by atoms with Gasteiger partial charge in [-0.3, -0.25) is 9.52 Å². The molecule has 0 bridgehead atoms. The lowest BCUT2D eigenvalue weighted by molar-refractivity contribution is -0.116. The predicted molar refractivity (Wildman–Crippen MR) is 87.0 cm³/mol. The van der Waals surface area contributed by atoms with E-state index in [9.17, 15) is 13.2 Å². The minimum absolute atomic E-state index is 0.0679. The Kier molecular flexibility index (Phi) is 6.20. The van der Waals surface area contributed by atoms with E-state index in [1.54, 1.807) is 25.1 Å². The fraction of sp³-hybridized carbons (Fsp3) is 0.533. The highest BCUT2D eigenvalue weighted by Gasteiger charge is 2.13. The Bertz CT molecular complexity index is 595. The lowest BCUT2D eigenvalue weighted by atomic mass is 10.1. The first kappa shape index (κ1) is 17.5. The van der Waals surface area contributed by atoms with Gasteiger partial charge in [-0.25, -0.2) is 8.42 Å². The van der Waals surface area contributed by atoms with Gasteiger partial charge < -0.3 is 5.32 Å². The Labute approximate surface area is 127 Å². The van der Waals surface area contributed by atoms with Gasteiger partial charge in [0.05, 0.1) is 11.4 Å². The van der Waals surface area contributed by atoms with Crippen LogP contribution in [-0.4, -0.2) is 20.1 Å². The van der Waals surface area contributed by atoms with Gasteiger partial charge in [0.25, 0.3) is 0 Å². The molecule has 0 saturated heterocycles. The van der Waals surface area contributed by atoms with Crippen LogP contribution in [0.25, 0.3) is 0 Å².